The van der Waals surface area contributed by atoms with Gasteiger partial charge in [-0.25, -0.2) is 0 Å². The molecule has 1 saturated carbocycles. The summed E-state index contributed by atoms with van der Waals surface area (Å²) in [6, 6.07) is 14.6. The van der Waals surface area contributed by atoms with E-state index in [9.17, 15) is 5.11 Å². The van der Waals surface area contributed by atoms with E-state index in [4.69, 9.17) is 4.74 Å². The van der Waals surface area contributed by atoms with E-state index in [0.717, 1.165) is 29.8 Å². The first-order valence-electron chi connectivity index (χ1n) is 7.36. The molecule has 2 N–H and O–H groups in total. The molecule has 3 nitrogen and oxygen atoms in total. The van der Waals surface area contributed by atoms with Crippen LogP contribution in [-0.2, 0) is 0 Å². The van der Waals surface area contributed by atoms with Crippen LogP contribution < -0.4 is 10.1 Å². The Morgan fingerprint density at radius 3 is 2.43 bits per heavy atom. The van der Waals surface area contributed by atoms with Gasteiger partial charge in [-0.1, -0.05) is 12.1 Å². The summed E-state index contributed by atoms with van der Waals surface area (Å²) >= 11 is 0. The van der Waals surface area contributed by atoms with Crippen LogP contribution in [0.4, 0.5) is 5.69 Å². The molecule has 0 heterocycles. The minimum absolute atomic E-state index is 0.352. The monoisotopic (exact) mass is 283 g/mol. The van der Waals surface area contributed by atoms with Gasteiger partial charge in [0.2, 0.25) is 0 Å². The van der Waals surface area contributed by atoms with Crippen LogP contribution in [0.1, 0.15) is 29.9 Å². The SMILES string of the molecule is COc1ccc(C2CC(Nc3ccc(O)c(C)c3)C2)cc1. The minimum Gasteiger partial charge on any atom is -0.508 e. The van der Waals surface area contributed by atoms with Crippen molar-refractivity contribution in [2.24, 2.45) is 0 Å². The van der Waals surface area contributed by atoms with E-state index in [0.29, 0.717) is 17.7 Å². The van der Waals surface area contributed by atoms with Gasteiger partial charge in [-0.2, -0.15) is 0 Å². The highest BCUT2D eigenvalue weighted by atomic mass is 16.5. The molecule has 1 aliphatic carbocycles. The van der Waals surface area contributed by atoms with Crippen molar-refractivity contribution in [2.75, 3.05) is 12.4 Å². The standard InChI is InChI=1S/C18H21NO2/c1-12-9-15(5-8-18(12)20)19-16-10-14(11-16)13-3-6-17(21-2)7-4-13/h3-9,14,16,19-20H,10-11H2,1-2H3. The van der Waals surface area contributed by atoms with Crippen LogP contribution in [0.15, 0.2) is 42.5 Å². The van der Waals surface area contributed by atoms with Crippen LogP contribution in [0.5, 0.6) is 11.5 Å². The molecule has 2 aromatic rings. The smallest absolute Gasteiger partial charge is 0.118 e. The number of phenolic OH excluding ortho intramolecular Hbond substituents is 1. The van der Waals surface area contributed by atoms with E-state index in [-0.39, 0.29) is 0 Å². The Morgan fingerprint density at radius 1 is 1.10 bits per heavy atom. The first kappa shape index (κ1) is 13.8. The Hall–Kier alpha value is -2.16. The van der Waals surface area contributed by atoms with Gasteiger partial charge < -0.3 is 15.2 Å². The number of benzene rings is 2. The van der Waals surface area contributed by atoms with Crippen molar-refractivity contribution < 1.29 is 9.84 Å². The van der Waals surface area contributed by atoms with E-state index in [1.54, 1.807) is 13.2 Å². The lowest BCUT2D eigenvalue weighted by atomic mass is 9.76. The Morgan fingerprint density at radius 2 is 1.81 bits per heavy atom. The molecule has 0 saturated heterocycles. The summed E-state index contributed by atoms with van der Waals surface area (Å²) in [6.45, 7) is 1.92. The van der Waals surface area contributed by atoms with Crippen LogP contribution in [-0.4, -0.2) is 18.3 Å². The quantitative estimate of drug-likeness (QED) is 0.831. The lowest BCUT2D eigenvalue weighted by Gasteiger charge is -2.37. The predicted molar refractivity (Wildman–Crippen MR) is 85.2 cm³/mol. The number of hydrogen-bond acceptors (Lipinski definition) is 3. The van der Waals surface area contributed by atoms with Crippen molar-refractivity contribution >= 4 is 5.69 Å². The Bertz CT molecular complexity index is 616. The number of rotatable bonds is 4. The topological polar surface area (TPSA) is 41.5 Å². The number of aryl methyl sites for hydroxylation is 1. The van der Waals surface area contributed by atoms with Gasteiger partial charge in [-0.15, -0.1) is 0 Å². The van der Waals surface area contributed by atoms with Crippen molar-refractivity contribution in [3.05, 3.63) is 53.6 Å². The maximum Gasteiger partial charge on any atom is 0.118 e. The Balaban J connectivity index is 1.56. The molecule has 1 fully saturated rings. The fraction of sp³-hybridized carbons (Fsp3) is 0.333. The molecule has 0 atom stereocenters. The zero-order valence-electron chi connectivity index (χ0n) is 12.5. The average molecular weight is 283 g/mol. The third-order valence-corrected chi connectivity index (χ3v) is 4.29. The van der Waals surface area contributed by atoms with Crippen molar-refractivity contribution in [1.29, 1.82) is 0 Å². The van der Waals surface area contributed by atoms with E-state index < -0.39 is 0 Å². The molecule has 0 unspecified atom stereocenters. The highest BCUT2D eigenvalue weighted by Gasteiger charge is 2.30. The summed E-state index contributed by atoms with van der Waals surface area (Å²) in [5.74, 6) is 1.89. The van der Waals surface area contributed by atoms with Crippen molar-refractivity contribution in [3.8, 4) is 11.5 Å². The number of aromatic hydroxyl groups is 1. The molecule has 3 rings (SSSR count). The number of hydrogen-bond donors (Lipinski definition) is 2. The predicted octanol–water partition coefficient (Wildman–Crippen LogP) is 4.07. The lowest BCUT2D eigenvalue weighted by Crippen LogP contribution is -2.33. The molecule has 0 radical (unpaired) electrons. The fourth-order valence-electron chi connectivity index (χ4n) is 2.86. The van der Waals surface area contributed by atoms with E-state index in [1.807, 2.05) is 31.2 Å². The second-order valence-corrected chi connectivity index (χ2v) is 5.78. The van der Waals surface area contributed by atoms with Gasteiger partial charge in [0.25, 0.3) is 0 Å². The van der Waals surface area contributed by atoms with Gasteiger partial charge in [0, 0.05) is 11.7 Å². The van der Waals surface area contributed by atoms with Crippen LogP contribution in [0.25, 0.3) is 0 Å². The van der Waals surface area contributed by atoms with E-state index >= 15 is 0 Å². The lowest BCUT2D eigenvalue weighted by molar-refractivity contribution is 0.373. The van der Waals surface area contributed by atoms with Crippen molar-refractivity contribution in [1.82, 2.24) is 0 Å². The van der Waals surface area contributed by atoms with Gasteiger partial charge >= 0.3 is 0 Å². The molecular formula is C18H21NO2. The summed E-state index contributed by atoms with van der Waals surface area (Å²) < 4.78 is 5.19. The molecule has 1 aliphatic rings. The zero-order chi connectivity index (χ0) is 14.8. The normalized spacial score (nSPS) is 20.7. The van der Waals surface area contributed by atoms with Gasteiger partial charge in [-0.3, -0.25) is 0 Å². The molecular weight excluding hydrogens is 262 g/mol. The Kier molecular flexibility index (Phi) is 3.74. The first-order chi connectivity index (χ1) is 10.2. The molecule has 110 valence electrons. The Labute approximate surface area is 125 Å². The molecule has 3 heteroatoms. The number of anilines is 1. The molecule has 0 bridgehead atoms. The number of phenols is 1. The minimum atomic E-state index is 0.352. The molecule has 0 spiro atoms. The summed E-state index contributed by atoms with van der Waals surface area (Å²) in [5.41, 5.74) is 3.38. The fourth-order valence-corrected chi connectivity index (χ4v) is 2.86. The van der Waals surface area contributed by atoms with Crippen molar-refractivity contribution in [2.45, 2.75) is 31.7 Å². The second-order valence-electron chi connectivity index (χ2n) is 5.78. The van der Waals surface area contributed by atoms with Gasteiger partial charge in [0.15, 0.2) is 0 Å². The van der Waals surface area contributed by atoms with E-state index in [1.165, 1.54) is 5.56 Å². The first-order valence-corrected chi connectivity index (χ1v) is 7.36. The van der Waals surface area contributed by atoms with Gasteiger partial charge in [0.05, 0.1) is 7.11 Å². The van der Waals surface area contributed by atoms with Crippen LogP contribution in [0, 0.1) is 6.92 Å². The maximum absolute atomic E-state index is 9.54. The van der Waals surface area contributed by atoms with Crippen LogP contribution in [0.3, 0.4) is 0 Å². The maximum atomic E-state index is 9.54. The van der Waals surface area contributed by atoms with Gasteiger partial charge in [-0.05, 0) is 67.1 Å². The summed E-state index contributed by atoms with van der Waals surface area (Å²) in [4.78, 5) is 0. The zero-order valence-corrected chi connectivity index (χ0v) is 12.5. The number of nitrogens with one attached hydrogen (secondary N) is 1. The van der Waals surface area contributed by atoms with Gasteiger partial charge in [0.1, 0.15) is 11.5 Å². The molecule has 21 heavy (non-hydrogen) atoms. The van der Waals surface area contributed by atoms with Crippen LogP contribution in [0.2, 0.25) is 0 Å². The largest absolute Gasteiger partial charge is 0.508 e. The summed E-state index contributed by atoms with van der Waals surface area (Å²) in [5, 5.41) is 13.1. The third kappa shape index (κ3) is 2.97. The third-order valence-electron chi connectivity index (χ3n) is 4.29. The summed E-state index contributed by atoms with van der Waals surface area (Å²) in [7, 11) is 1.69. The second kappa shape index (κ2) is 5.68. The molecule has 2 aromatic carbocycles. The van der Waals surface area contributed by atoms with Crippen molar-refractivity contribution in [3.63, 3.8) is 0 Å². The molecule has 0 aromatic heterocycles. The number of ether oxygens (including phenoxy) is 1. The number of methoxy groups -OCH3 is 1. The molecule has 0 amide bonds. The summed E-state index contributed by atoms with van der Waals surface area (Å²) in [6.07, 6.45) is 2.29. The molecule has 0 aliphatic heterocycles. The van der Waals surface area contributed by atoms with Crippen LogP contribution >= 0.6 is 0 Å². The average Bonchev–Trinajstić information content (AvgIpc) is 2.46. The highest BCUT2D eigenvalue weighted by Crippen LogP contribution is 2.39. The highest BCUT2D eigenvalue weighted by molar-refractivity contribution is 5.51. The van der Waals surface area contributed by atoms with E-state index in [2.05, 4.69) is 17.4 Å².